The van der Waals surface area contributed by atoms with Crippen molar-refractivity contribution in [3.05, 3.63) is 29.7 Å². The minimum absolute atomic E-state index is 0.508. The molecule has 0 aliphatic rings. The van der Waals surface area contributed by atoms with E-state index in [2.05, 4.69) is 41.5 Å². The molecule has 0 spiro atoms. The van der Waals surface area contributed by atoms with E-state index in [-0.39, 0.29) is 0 Å². The van der Waals surface area contributed by atoms with Crippen molar-refractivity contribution < 1.29 is 8.84 Å². The van der Waals surface area contributed by atoms with Crippen molar-refractivity contribution in [3.63, 3.8) is 0 Å². The third-order valence-corrected chi connectivity index (χ3v) is 10.0. The van der Waals surface area contributed by atoms with E-state index in [1.165, 1.54) is 5.54 Å². The summed E-state index contributed by atoms with van der Waals surface area (Å²) in [7, 11) is -1.98. The van der Waals surface area contributed by atoms with Crippen LogP contribution in [0.2, 0.25) is 16.6 Å². The van der Waals surface area contributed by atoms with Crippen LogP contribution in [0.4, 0.5) is 0 Å². The Morgan fingerprint density at radius 1 is 1.16 bits per heavy atom. The van der Waals surface area contributed by atoms with Crippen molar-refractivity contribution in [1.29, 1.82) is 0 Å². The highest BCUT2D eigenvalue weighted by molar-refractivity contribution is 6.78. The van der Waals surface area contributed by atoms with Gasteiger partial charge in [0, 0.05) is 5.54 Å². The monoisotopic (exact) mass is 300 g/mol. The zero-order chi connectivity index (χ0) is 14.6. The number of hydrogen-bond acceptors (Lipinski definition) is 2. The SMILES string of the molecule is CC(C)[Si](O/C(=C\Cl)c1ccco1)(C(C)C)C(C)C. The smallest absolute Gasteiger partial charge is 0.258 e. The first-order chi connectivity index (χ1) is 8.86. The van der Waals surface area contributed by atoms with Gasteiger partial charge >= 0.3 is 0 Å². The van der Waals surface area contributed by atoms with Crippen LogP contribution >= 0.6 is 11.6 Å². The molecule has 0 N–H and O–H groups in total. The zero-order valence-corrected chi connectivity index (χ0v) is 14.5. The van der Waals surface area contributed by atoms with Crippen LogP contribution in [0.3, 0.4) is 0 Å². The van der Waals surface area contributed by atoms with Crippen LogP contribution in [0, 0.1) is 0 Å². The molecule has 0 amide bonds. The van der Waals surface area contributed by atoms with Gasteiger partial charge in [-0.3, -0.25) is 0 Å². The minimum Gasteiger partial charge on any atom is -0.540 e. The largest absolute Gasteiger partial charge is 0.540 e. The summed E-state index contributed by atoms with van der Waals surface area (Å²) < 4.78 is 11.9. The highest BCUT2D eigenvalue weighted by atomic mass is 35.5. The quantitative estimate of drug-likeness (QED) is 0.474. The molecule has 0 unspecified atom stereocenters. The lowest BCUT2D eigenvalue weighted by Crippen LogP contribution is -2.47. The highest BCUT2D eigenvalue weighted by Crippen LogP contribution is 2.44. The fraction of sp³-hybridized carbons (Fsp3) is 0.600. The van der Waals surface area contributed by atoms with E-state index >= 15 is 0 Å². The summed E-state index contributed by atoms with van der Waals surface area (Å²) in [4.78, 5) is 0. The number of furan rings is 1. The molecule has 0 bridgehead atoms. The first-order valence-electron chi connectivity index (χ1n) is 6.89. The Hall–Kier alpha value is -0.673. The average Bonchev–Trinajstić information content (AvgIpc) is 2.82. The Labute approximate surface area is 122 Å². The summed E-state index contributed by atoms with van der Waals surface area (Å²) in [5, 5.41) is 0. The topological polar surface area (TPSA) is 22.4 Å². The lowest BCUT2D eigenvalue weighted by molar-refractivity contribution is 0.419. The molecule has 0 radical (unpaired) electrons. The summed E-state index contributed by atoms with van der Waals surface area (Å²) >= 11 is 5.95. The fourth-order valence-electron chi connectivity index (χ4n) is 3.09. The van der Waals surface area contributed by atoms with E-state index < -0.39 is 8.32 Å². The third-order valence-electron chi connectivity index (χ3n) is 3.86. The average molecular weight is 301 g/mol. The van der Waals surface area contributed by atoms with Gasteiger partial charge in [0.2, 0.25) is 0 Å². The standard InChI is InChI=1S/C15H25ClO2Si/c1-11(2)19(12(3)4,13(5)6)18-15(10-16)14-8-7-9-17-14/h7-13H,1-6H3/b15-10-. The maximum absolute atomic E-state index is 6.49. The van der Waals surface area contributed by atoms with E-state index in [0.717, 1.165) is 0 Å². The number of rotatable bonds is 6. The summed E-state index contributed by atoms with van der Waals surface area (Å²) in [5.41, 5.74) is 3.02. The van der Waals surface area contributed by atoms with E-state index in [1.54, 1.807) is 6.26 Å². The van der Waals surface area contributed by atoms with E-state index in [4.69, 9.17) is 20.4 Å². The molecule has 2 nitrogen and oxygen atoms in total. The van der Waals surface area contributed by atoms with Crippen LogP contribution < -0.4 is 0 Å². The van der Waals surface area contributed by atoms with Gasteiger partial charge < -0.3 is 8.84 Å². The Morgan fingerprint density at radius 3 is 2.00 bits per heavy atom. The molecule has 0 saturated heterocycles. The van der Waals surface area contributed by atoms with Crippen molar-refractivity contribution in [2.75, 3.05) is 0 Å². The second-order valence-electron chi connectivity index (χ2n) is 5.87. The van der Waals surface area contributed by atoms with E-state index in [1.807, 2.05) is 12.1 Å². The number of halogens is 1. The Morgan fingerprint density at radius 2 is 1.68 bits per heavy atom. The summed E-state index contributed by atoms with van der Waals surface area (Å²) in [6, 6.07) is 3.73. The molecular weight excluding hydrogens is 276 g/mol. The van der Waals surface area contributed by atoms with E-state index in [9.17, 15) is 0 Å². The Kier molecular flexibility index (Phi) is 5.75. The van der Waals surface area contributed by atoms with Crippen LogP contribution in [0.5, 0.6) is 0 Å². The molecule has 4 heteroatoms. The van der Waals surface area contributed by atoms with Gasteiger partial charge in [0.15, 0.2) is 11.5 Å². The third kappa shape index (κ3) is 3.26. The molecular formula is C15H25ClO2Si. The molecule has 1 heterocycles. The molecule has 0 saturated carbocycles. The van der Waals surface area contributed by atoms with Gasteiger partial charge in [0.25, 0.3) is 8.32 Å². The molecule has 1 rings (SSSR count). The van der Waals surface area contributed by atoms with Gasteiger partial charge in [0.1, 0.15) is 0 Å². The highest BCUT2D eigenvalue weighted by Gasteiger charge is 2.47. The molecule has 19 heavy (non-hydrogen) atoms. The molecule has 108 valence electrons. The number of hydrogen-bond donors (Lipinski definition) is 0. The summed E-state index contributed by atoms with van der Waals surface area (Å²) in [6.07, 6.45) is 1.64. The first-order valence-corrected chi connectivity index (χ1v) is 9.47. The van der Waals surface area contributed by atoms with Gasteiger partial charge in [-0.2, -0.15) is 0 Å². The summed E-state index contributed by atoms with van der Waals surface area (Å²) in [5.74, 6) is 1.36. The lowest BCUT2D eigenvalue weighted by Gasteiger charge is -2.42. The van der Waals surface area contributed by atoms with Crippen LogP contribution in [0.1, 0.15) is 47.3 Å². The van der Waals surface area contributed by atoms with Gasteiger partial charge in [-0.05, 0) is 28.8 Å². The summed E-state index contributed by atoms with van der Waals surface area (Å²) in [6.45, 7) is 13.5. The van der Waals surface area contributed by atoms with E-state index in [0.29, 0.717) is 28.1 Å². The molecule has 1 aromatic heterocycles. The van der Waals surface area contributed by atoms with Crippen molar-refractivity contribution in [1.82, 2.24) is 0 Å². The van der Waals surface area contributed by atoms with Gasteiger partial charge in [0.05, 0.1) is 6.26 Å². The minimum atomic E-state index is -1.98. The van der Waals surface area contributed by atoms with Crippen LogP contribution in [0.15, 0.2) is 28.3 Å². The van der Waals surface area contributed by atoms with Crippen molar-refractivity contribution in [3.8, 4) is 0 Å². The maximum Gasteiger partial charge on any atom is 0.258 e. The van der Waals surface area contributed by atoms with Crippen molar-refractivity contribution in [2.24, 2.45) is 0 Å². The Balaban J connectivity index is 3.14. The van der Waals surface area contributed by atoms with Crippen molar-refractivity contribution >= 4 is 25.7 Å². The molecule has 0 aromatic carbocycles. The molecule has 0 atom stereocenters. The van der Waals surface area contributed by atoms with Crippen molar-refractivity contribution in [2.45, 2.75) is 58.2 Å². The van der Waals surface area contributed by atoms with Gasteiger partial charge in [-0.1, -0.05) is 53.1 Å². The van der Waals surface area contributed by atoms with Crippen LogP contribution in [-0.2, 0) is 4.43 Å². The second kappa shape index (κ2) is 6.66. The second-order valence-corrected chi connectivity index (χ2v) is 11.5. The van der Waals surface area contributed by atoms with Gasteiger partial charge in [-0.15, -0.1) is 0 Å². The maximum atomic E-state index is 6.49. The predicted molar refractivity (Wildman–Crippen MR) is 84.7 cm³/mol. The predicted octanol–water partition coefficient (Wildman–Crippen LogP) is 6.01. The molecule has 0 aliphatic carbocycles. The van der Waals surface area contributed by atoms with Crippen LogP contribution in [0.25, 0.3) is 5.76 Å². The normalized spacial score (nSPS) is 13.7. The molecule has 0 fully saturated rings. The van der Waals surface area contributed by atoms with Gasteiger partial charge in [-0.25, -0.2) is 0 Å². The van der Waals surface area contributed by atoms with Crippen LogP contribution in [-0.4, -0.2) is 8.32 Å². The lowest BCUT2D eigenvalue weighted by atomic mass is 10.4. The zero-order valence-electron chi connectivity index (χ0n) is 12.7. The Bertz CT molecular complexity index is 386. The molecule has 1 aromatic rings. The fourth-order valence-corrected chi connectivity index (χ4v) is 8.56. The first kappa shape index (κ1) is 16.4. The molecule has 0 aliphatic heterocycles.